The van der Waals surface area contributed by atoms with Gasteiger partial charge in [0.1, 0.15) is 11.5 Å². The Balaban J connectivity index is 2.23. The second-order valence-corrected chi connectivity index (χ2v) is 5.78. The summed E-state index contributed by atoms with van der Waals surface area (Å²) in [7, 11) is 3.31. The van der Waals surface area contributed by atoms with Crippen LogP contribution in [0.25, 0.3) is 0 Å². The number of pyridine rings is 1. The van der Waals surface area contributed by atoms with Crippen molar-refractivity contribution in [3.05, 3.63) is 51.8 Å². The number of aromatic hydroxyl groups is 1. The molecule has 0 radical (unpaired) electrons. The fourth-order valence-electron chi connectivity index (χ4n) is 2.39. The van der Waals surface area contributed by atoms with E-state index in [9.17, 15) is 9.90 Å². The fraction of sp³-hybridized carbons (Fsp3) is 0.294. The van der Waals surface area contributed by atoms with Crippen LogP contribution in [0.5, 0.6) is 11.5 Å². The van der Waals surface area contributed by atoms with E-state index < -0.39 is 0 Å². The predicted molar refractivity (Wildman–Crippen MR) is 89.2 cm³/mol. The summed E-state index contributed by atoms with van der Waals surface area (Å²) >= 11 is 5.86. The summed E-state index contributed by atoms with van der Waals surface area (Å²) in [6.07, 6.45) is 1.73. The number of carbonyl (C=O) groups excluding carboxylic acids is 1. The van der Waals surface area contributed by atoms with Crippen LogP contribution in [0.15, 0.2) is 24.4 Å². The lowest BCUT2D eigenvalue weighted by Crippen LogP contribution is -2.27. The Bertz CT molecular complexity index is 747. The molecule has 0 atom stereocenters. The summed E-state index contributed by atoms with van der Waals surface area (Å²) < 4.78 is 5.38. The molecule has 0 aliphatic heterocycles. The molecule has 0 saturated heterocycles. The van der Waals surface area contributed by atoms with Crippen molar-refractivity contribution in [1.82, 2.24) is 9.88 Å². The molecular weight excluding hydrogens is 316 g/mol. The number of aromatic nitrogens is 1. The Hall–Kier alpha value is -2.27. The Morgan fingerprint density at radius 1 is 1.39 bits per heavy atom. The summed E-state index contributed by atoms with van der Waals surface area (Å²) in [5.74, 6) is 0.530. The van der Waals surface area contributed by atoms with Gasteiger partial charge in [-0.25, -0.2) is 0 Å². The second kappa shape index (κ2) is 6.87. The zero-order valence-electron chi connectivity index (χ0n) is 13.6. The molecule has 0 aliphatic rings. The molecule has 1 heterocycles. The molecule has 2 aromatic rings. The van der Waals surface area contributed by atoms with E-state index >= 15 is 0 Å². The molecule has 0 fully saturated rings. The van der Waals surface area contributed by atoms with Gasteiger partial charge in [-0.2, -0.15) is 0 Å². The van der Waals surface area contributed by atoms with Crippen LogP contribution in [-0.2, 0) is 6.54 Å². The molecule has 0 saturated carbocycles. The molecule has 0 bridgehead atoms. The summed E-state index contributed by atoms with van der Waals surface area (Å²) in [6, 6.07) is 4.39. The minimum absolute atomic E-state index is 0.0494. The monoisotopic (exact) mass is 334 g/mol. The zero-order valence-corrected chi connectivity index (χ0v) is 14.3. The van der Waals surface area contributed by atoms with Gasteiger partial charge in [0.25, 0.3) is 5.91 Å². The van der Waals surface area contributed by atoms with Crippen LogP contribution in [0.2, 0.25) is 5.02 Å². The number of amides is 1. The molecule has 5 nitrogen and oxygen atoms in total. The molecule has 2 rings (SSSR count). The number of phenols is 1. The number of halogens is 1. The number of phenolic OH excluding ortho intramolecular Hbond substituents is 1. The van der Waals surface area contributed by atoms with E-state index in [0.29, 0.717) is 12.1 Å². The van der Waals surface area contributed by atoms with Gasteiger partial charge in [-0.05, 0) is 32.0 Å². The number of aryl methyl sites for hydroxylation is 1. The topological polar surface area (TPSA) is 62.7 Å². The average Bonchev–Trinajstić information content (AvgIpc) is 2.52. The first kappa shape index (κ1) is 17.1. The lowest BCUT2D eigenvalue weighted by atomic mass is 10.1. The predicted octanol–water partition coefficient (Wildman–Crippen LogP) is 3.34. The summed E-state index contributed by atoms with van der Waals surface area (Å²) in [5.41, 5.74) is 3.05. The smallest absolute Gasteiger partial charge is 0.254 e. The van der Waals surface area contributed by atoms with Crippen molar-refractivity contribution in [2.45, 2.75) is 20.4 Å². The number of methoxy groups -OCH3 is 1. The highest BCUT2D eigenvalue weighted by molar-refractivity contribution is 6.32. The van der Waals surface area contributed by atoms with Gasteiger partial charge in [0.05, 0.1) is 24.4 Å². The van der Waals surface area contributed by atoms with E-state index in [0.717, 1.165) is 22.6 Å². The van der Waals surface area contributed by atoms with Gasteiger partial charge in [0, 0.05) is 29.9 Å². The lowest BCUT2D eigenvalue weighted by molar-refractivity contribution is 0.0783. The molecule has 0 spiro atoms. The van der Waals surface area contributed by atoms with Gasteiger partial charge >= 0.3 is 0 Å². The molecule has 23 heavy (non-hydrogen) atoms. The summed E-state index contributed by atoms with van der Waals surface area (Å²) in [6.45, 7) is 4.19. The normalized spacial score (nSPS) is 10.5. The van der Waals surface area contributed by atoms with Crippen LogP contribution < -0.4 is 4.74 Å². The van der Waals surface area contributed by atoms with Crippen LogP contribution in [0.4, 0.5) is 0 Å². The highest BCUT2D eigenvalue weighted by Crippen LogP contribution is 2.26. The first-order valence-electron chi connectivity index (χ1n) is 7.08. The zero-order chi connectivity index (χ0) is 17.1. The maximum absolute atomic E-state index is 12.5. The van der Waals surface area contributed by atoms with E-state index in [1.165, 1.54) is 18.2 Å². The molecular formula is C17H19ClN2O3. The van der Waals surface area contributed by atoms with E-state index in [2.05, 4.69) is 4.98 Å². The highest BCUT2D eigenvalue weighted by Gasteiger charge is 2.17. The molecule has 1 N–H and O–H groups in total. The minimum atomic E-state index is -0.201. The molecule has 0 unspecified atom stereocenters. The van der Waals surface area contributed by atoms with Crippen molar-refractivity contribution in [2.24, 2.45) is 0 Å². The van der Waals surface area contributed by atoms with Crippen molar-refractivity contribution in [2.75, 3.05) is 14.2 Å². The molecule has 0 aliphatic carbocycles. The van der Waals surface area contributed by atoms with Gasteiger partial charge < -0.3 is 14.7 Å². The van der Waals surface area contributed by atoms with Gasteiger partial charge in [-0.1, -0.05) is 11.6 Å². The third-order valence-corrected chi connectivity index (χ3v) is 3.98. The van der Waals surface area contributed by atoms with Crippen molar-refractivity contribution < 1.29 is 14.6 Å². The van der Waals surface area contributed by atoms with Crippen LogP contribution >= 0.6 is 11.6 Å². The molecule has 6 heteroatoms. The highest BCUT2D eigenvalue weighted by atomic mass is 35.5. The average molecular weight is 335 g/mol. The number of carbonyl (C=O) groups is 1. The fourth-order valence-corrected chi connectivity index (χ4v) is 2.57. The van der Waals surface area contributed by atoms with Crippen molar-refractivity contribution in [1.29, 1.82) is 0 Å². The molecule has 1 amide bonds. The number of hydrogen-bond acceptors (Lipinski definition) is 4. The van der Waals surface area contributed by atoms with Crippen LogP contribution in [0, 0.1) is 13.8 Å². The van der Waals surface area contributed by atoms with Crippen LogP contribution in [0.3, 0.4) is 0 Å². The third-order valence-electron chi connectivity index (χ3n) is 3.68. The van der Waals surface area contributed by atoms with Crippen LogP contribution in [-0.4, -0.2) is 35.1 Å². The SMILES string of the molecule is COc1c(C)cnc(CN(C)C(=O)c2ccc(O)c(Cl)c2)c1C. The Morgan fingerprint density at radius 2 is 2.09 bits per heavy atom. The first-order valence-corrected chi connectivity index (χ1v) is 7.46. The van der Waals surface area contributed by atoms with Gasteiger partial charge in [0.15, 0.2) is 0 Å². The van der Waals surface area contributed by atoms with E-state index in [1.54, 1.807) is 25.3 Å². The number of ether oxygens (including phenoxy) is 1. The van der Waals surface area contributed by atoms with Gasteiger partial charge in [-0.3, -0.25) is 9.78 Å². The Labute approximate surface area is 140 Å². The minimum Gasteiger partial charge on any atom is -0.506 e. The van der Waals surface area contributed by atoms with Crippen molar-refractivity contribution in [3.63, 3.8) is 0 Å². The second-order valence-electron chi connectivity index (χ2n) is 5.37. The number of nitrogens with zero attached hydrogens (tertiary/aromatic N) is 2. The molecule has 122 valence electrons. The molecule has 1 aromatic heterocycles. The number of rotatable bonds is 4. The third kappa shape index (κ3) is 3.56. The maximum Gasteiger partial charge on any atom is 0.254 e. The quantitative estimate of drug-likeness (QED) is 0.931. The molecule has 1 aromatic carbocycles. The maximum atomic E-state index is 12.5. The number of benzene rings is 1. The standard InChI is InChI=1S/C17H19ClN2O3/c1-10-8-19-14(11(2)16(10)23-4)9-20(3)17(22)12-5-6-15(21)13(18)7-12/h5-8,21H,9H2,1-4H3. The van der Waals surface area contributed by atoms with E-state index in [-0.39, 0.29) is 16.7 Å². The Kier molecular flexibility index (Phi) is 5.11. The lowest BCUT2D eigenvalue weighted by Gasteiger charge is -2.19. The van der Waals surface area contributed by atoms with E-state index in [1.807, 2.05) is 13.8 Å². The largest absolute Gasteiger partial charge is 0.506 e. The van der Waals surface area contributed by atoms with Crippen molar-refractivity contribution >= 4 is 17.5 Å². The number of hydrogen-bond donors (Lipinski definition) is 1. The van der Waals surface area contributed by atoms with Gasteiger partial charge in [0.2, 0.25) is 0 Å². The van der Waals surface area contributed by atoms with Gasteiger partial charge in [-0.15, -0.1) is 0 Å². The summed E-state index contributed by atoms with van der Waals surface area (Å²) in [4.78, 5) is 18.4. The summed E-state index contributed by atoms with van der Waals surface area (Å²) in [5, 5.41) is 9.59. The van der Waals surface area contributed by atoms with E-state index in [4.69, 9.17) is 16.3 Å². The van der Waals surface area contributed by atoms with Crippen molar-refractivity contribution in [3.8, 4) is 11.5 Å². The Morgan fingerprint density at radius 3 is 2.70 bits per heavy atom. The first-order chi connectivity index (χ1) is 10.8. The van der Waals surface area contributed by atoms with Crippen LogP contribution in [0.1, 0.15) is 27.2 Å².